The molecule has 22 heavy (non-hydrogen) atoms. The van der Waals surface area contributed by atoms with Crippen molar-refractivity contribution in [2.75, 3.05) is 6.61 Å². The molecule has 1 aromatic rings. The highest BCUT2D eigenvalue weighted by Crippen LogP contribution is 2.36. The van der Waals surface area contributed by atoms with E-state index in [1.807, 2.05) is 6.07 Å². The van der Waals surface area contributed by atoms with Gasteiger partial charge in [0.25, 0.3) is 0 Å². The number of hydrogen-bond acceptors (Lipinski definition) is 1. The molecular formula is C20H32OSi. The van der Waals surface area contributed by atoms with E-state index in [0.717, 1.165) is 19.4 Å². The zero-order valence-corrected chi connectivity index (χ0v) is 16.1. The molecule has 1 aromatic carbocycles. The van der Waals surface area contributed by atoms with Crippen LogP contribution in [0.1, 0.15) is 46.1 Å². The Morgan fingerprint density at radius 1 is 1.14 bits per heavy atom. The fourth-order valence-electron chi connectivity index (χ4n) is 1.82. The van der Waals surface area contributed by atoms with E-state index in [2.05, 4.69) is 83.3 Å². The predicted molar refractivity (Wildman–Crippen MR) is 102 cm³/mol. The van der Waals surface area contributed by atoms with Crippen LogP contribution in [0.15, 0.2) is 48.1 Å². The van der Waals surface area contributed by atoms with Gasteiger partial charge in [0.1, 0.15) is 0 Å². The lowest BCUT2D eigenvalue weighted by Gasteiger charge is -2.36. The molecule has 0 saturated heterocycles. The van der Waals surface area contributed by atoms with Crippen molar-refractivity contribution < 1.29 is 4.43 Å². The normalized spacial score (nSPS) is 13.8. The fourth-order valence-corrected chi connectivity index (χ4v) is 2.90. The van der Waals surface area contributed by atoms with Gasteiger partial charge in [0.15, 0.2) is 8.32 Å². The average Bonchev–Trinajstić information content (AvgIpc) is 2.44. The summed E-state index contributed by atoms with van der Waals surface area (Å²) >= 11 is 0. The average molecular weight is 317 g/mol. The van der Waals surface area contributed by atoms with Crippen molar-refractivity contribution in [2.45, 2.75) is 58.7 Å². The minimum Gasteiger partial charge on any atom is -0.417 e. The Balaban J connectivity index is 2.33. The molecule has 0 saturated carbocycles. The number of allylic oxidation sites excluding steroid dienone is 3. The third-order valence-corrected chi connectivity index (χ3v) is 8.96. The van der Waals surface area contributed by atoms with Gasteiger partial charge in [-0.25, -0.2) is 0 Å². The van der Waals surface area contributed by atoms with Crippen molar-refractivity contribution in [1.82, 2.24) is 0 Å². The third-order valence-electron chi connectivity index (χ3n) is 4.42. The second-order valence-corrected chi connectivity index (χ2v) is 12.3. The molecule has 1 nitrogen and oxygen atoms in total. The lowest BCUT2D eigenvalue weighted by Crippen LogP contribution is -2.40. The van der Waals surface area contributed by atoms with E-state index >= 15 is 0 Å². The molecule has 0 aliphatic rings. The van der Waals surface area contributed by atoms with Gasteiger partial charge in [-0.2, -0.15) is 0 Å². The van der Waals surface area contributed by atoms with Crippen molar-refractivity contribution >= 4 is 14.4 Å². The van der Waals surface area contributed by atoms with Crippen molar-refractivity contribution in [3.05, 3.63) is 53.6 Å². The number of unbranched alkanes of at least 4 members (excludes halogenated alkanes) is 1. The van der Waals surface area contributed by atoms with Gasteiger partial charge in [-0.3, -0.25) is 0 Å². The summed E-state index contributed by atoms with van der Waals surface area (Å²) in [7, 11) is -1.58. The van der Waals surface area contributed by atoms with E-state index in [0.29, 0.717) is 5.04 Å². The lowest BCUT2D eigenvalue weighted by atomic mass is 10.1. The van der Waals surface area contributed by atoms with Crippen LogP contribution in [-0.4, -0.2) is 14.9 Å². The van der Waals surface area contributed by atoms with Gasteiger partial charge in [0.2, 0.25) is 0 Å². The molecule has 0 atom stereocenters. The molecule has 0 aliphatic carbocycles. The second kappa shape index (κ2) is 8.49. The highest BCUT2D eigenvalue weighted by atomic mass is 28.4. The Morgan fingerprint density at radius 2 is 1.77 bits per heavy atom. The minimum absolute atomic E-state index is 0.303. The fraction of sp³-hybridized carbons (Fsp3) is 0.500. The minimum atomic E-state index is -1.58. The van der Waals surface area contributed by atoms with Crippen LogP contribution < -0.4 is 0 Å². The monoisotopic (exact) mass is 316 g/mol. The summed E-state index contributed by atoms with van der Waals surface area (Å²) in [6.07, 6.45) is 8.83. The molecule has 2 heteroatoms. The maximum Gasteiger partial charge on any atom is 0.191 e. The van der Waals surface area contributed by atoms with E-state index in [1.165, 1.54) is 11.1 Å². The van der Waals surface area contributed by atoms with E-state index < -0.39 is 8.32 Å². The molecular weight excluding hydrogens is 284 g/mol. The molecule has 0 heterocycles. The molecule has 0 aliphatic heterocycles. The summed E-state index contributed by atoms with van der Waals surface area (Å²) < 4.78 is 6.20. The van der Waals surface area contributed by atoms with Crippen LogP contribution in [0.2, 0.25) is 18.1 Å². The van der Waals surface area contributed by atoms with Crippen LogP contribution in [0.3, 0.4) is 0 Å². The summed E-state index contributed by atoms with van der Waals surface area (Å²) in [6, 6.07) is 10.4. The van der Waals surface area contributed by atoms with Crippen LogP contribution in [-0.2, 0) is 4.43 Å². The summed E-state index contributed by atoms with van der Waals surface area (Å²) in [6.45, 7) is 14.5. The standard InChI is InChI=1S/C20H32OSi/c1-18(15-16-19-13-8-7-9-14-19)12-10-11-17-21-22(5,6)20(2,3)4/h7-9,12-16H,10-11,17H2,1-6H3/b16-15+,18-12+. The van der Waals surface area contributed by atoms with Gasteiger partial charge >= 0.3 is 0 Å². The number of hydrogen-bond donors (Lipinski definition) is 0. The van der Waals surface area contributed by atoms with Crippen molar-refractivity contribution in [2.24, 2.45) is 0 Å². The molecule has 0 amide bonds. The SMILES string of the molecule is CC(/C=C/c1ccccc1)=C\CCCO[Si](C)(C)C(C)(C)C. The van der Waals surface area contributed by atoms with Crippen molar-refractivity contribution in [3.8, 4) is 0 Å². The van der Waals surface area contributed by atoms with Crippen LogP contribution >= 0.6 is 0 Å². The Labute approximate surface area is 138 Å². The zero-order valence-electron chi connectivity index (χ0n) is 15.1. The quantitative estimate of drug-likeness (QED) is 0.319. The second-order valence-electron chi connectivity index (χ2n) is 7.44. The predicted octanol–water partition coefficient (Wildman–Crippen LogP) is 6.45. The molecule has 0 unspecified atom stereocenters. The van der Waals surface area contributed by atoms with Gasteiger partial charge in [-0.05, 0) is 43.5 Å². The topological polar surface area (TPSA) is 9.23 Å². The van der Waals surface area contributed by atoms with Gasteiger partial charge in [0, 0.05) is 6.61 Å². The zero-order chi connectivity index (χ0) is 16.6. The molecule has 0 bridgehead atoms. The summed E-state index contributed by atoms with van der Waals surface area (Å²) in [4.78, 5) is 0. The first-order chi connectivity index (χ1) is 10.2. The smallest absolute Gasteiger partial charge is 0.191 e. The highest BCUT2D eigenvalue weighted by molar-refractivity contribution is 6.74. The maximum absolute atomic E-state index is 6.20. The summed E-state index contributed by atoms with van der Waals surface area (Å²) in [5.41, 5.74) is 2.56. The largest absolute Gasteiger partial charge is 0.417 e. The van der Waals surface area contributed by atoms with E-state index in [1.54, 1.807) is 0 Å². The Morgan fingerprint density at radius 3 is 2.36 bits per heavy atom. The van der Waals surface area contributed by atoms with Crippen LogP contribution in [0, 0.1) is 0 Å². The lowest BCUT2D eigenvalue weighted by molar-refractivity contribution is 0.283. The van der Waals surface area contributed by atoms with Gasteiger partial charge in [-0.1, -0.05) is 74.9 Å². The summed E-state index contributed by atoms with van der Waals surface area (Å²) in [5, 5.41) is 0.303. The van der Waals surface area contributed by atoms with E-state index in [9.17, 15) is 0 Å². The Bertz CT molecular complexity index is 492. The first-order valence-electron chi connectivity index (χ1n) is 8.26. The maximum atomic E-state index is 6.20. The molecule has 0 spiro atoms. The molecule has 0 aromatic heterocycles. The molecule has 122 valence electrons. The van der Waals surface area contributed by atoms with Gasteiger partial charge in [0.05, 0.1) is 0 Å². The molecule has 0 fully saturated rings. The number of benzene rings is 1. The van der Waals surface area contributed by atoms with Crippen LogP contribution in [0.4, 0.5) is 0 Å². The van der Waals surface area contributed by atoms with Crippen molar-refractivity contribution in [1.29, 1.82) is 0 Å². The third kappa shape index (κ3) is 6.76. The summed E-state index contributed by atoms with van der Waals surface area (Å²) in [5.74, 6) is 0. The Kier molecular flexibility index (Phi) is 7.31. The first-order valence-corrected chi connectivity index (χ1v) is 11.2. The van der Waals surface area contributed by atoms with E-state index in [-0.39, 0.29) is 0 Å². The first kappa shape index (κ1) is 18.9. The molecule has 0 radical (unpaired) electrons. The van der Waals surface area contributed by atoms with Crippen molar-refractivity contribution in [3.63, 3.8) is 0 Å². The number of rotatable bonds is 7. The molecule has 1 rings (SSSR count). The molecule has 0 N–H and O–H groups in total. The van der Waals surface area contributed by atoms with Crippen LogP contribution in [0.25, 0.3) is 6.08 Å². The Hall–Kier alpha value is -1.12. The van der Waals surface area contributed by atoms with Gasteiger partial charge in [-0.15, -0.1) is 0 Å². The van der Waals surface area contributed by atoms with Crippen LogP contribution in [0.5, 0.6) is 0 Å². The van der Waals surface area contributed by atoms with E-state index in [4.69, 9.17) is 4.43 Å². The van der Waals surface area contributed by atoms with Gasteiger partial charge < -0.3 is 4.43 Å². The highest BCUT2D eigenvalue weighted by Gasteiger charge is 2.36.